The molecule has 1 unspecified atom stereocenters. The fourth-order valence-corrected chi connectivity index (χ4v) is 2.87. The molecule has 0 spiro atoms. The third-order valence-corrected chi connectivity index (χ3v) is 4.07. The fraction of sp³-hybridized carbons (Fsp3) is 0.769. The molecule has 1 atom stereocenters. The summed E-state index contributed by atoms with van der Waals surface area (Å²) in [5.41, 5.74) is 2.86. The summed E-state index contributed by atoms with van der Waals surface area (Å²) in [5.74, 6) is 0.909. The standard InChI is InChI=1S/C13H21N3/c1-14-12(10-6-7-10)8-16-9-15-11-4-2-3-5-13(11)16/h9-10,12,14H,2-8H2,1H3. The van der Waals surface area contributed by atoms with Gasteiger partial charge in [0.1, 0.15) is 0 Å². The molecule has 3 nitrogen and oxygen atoms in total. The van der Waals surface area contributed by atoms with Gasteiger partial charge in [-0.25, -0.2) is 4.98 Å². The van der Waals surface area contributed by atoms with E-state index in [4.69, 9.17) is 0 Å². The number of imidazole rings is 1. The number of rotatable bonds is 4. The summed E-state index contributed by atoms with van der Waals surface area (Å²) >= 11 is 0. The number of hydrogen-bond acceptors (Lipinski definition) is 2. The van der Waals surface area contributed by atoms with Gasteiger partial charge in [0, 0.05) is 18.3 Å². The number of nitrogens with one attached hydrogen (secondary N) is 1. The van der Waals surface area contributed by atoms with E-state index in [9.17, 15) is 0 Å². The molecule has 0 saturated heterocycles. The van der Waals surface area contributed by atoms with E-state index in [1.807, 2.05) is 0 Å². The lowest BCUT2D eigenvalue weighted by molar-refractivity contribution is 0.426. The van der Waals surface area contributed by atoms with E-state index >= 15 is 0 Å². The molecule has 3 rings (SSSR count). The summed E-state index contributed by atoms with van der Waals surface area (Å²) < 4.78 is 2.40. The summed E-state index contributed by atoms with van der Waals surface area (Å²) in [4.78, 5) is 4.56. The van der Waals surface area contributed by atoms with Crippen LogP contribution in [0, 0.1) is 5.92 Å². The fourth-order valence-electron chi connectivity index (χ4n) is 2.87. The van der Waals surface area contributed by atoms with Crippen LogP contribution in [0.15, 0.2) is 6.33 Å². The van der Waals surface area contributed by atoms with Gasteiger partial charge in [-0.05, 0) is 51.5 Å². The van der Waals surface area contributed by atoms with E-state index in [-0.39, 0.29) is 0 Å². The zero-order valence-electron chi connectivity index (χ0n) is 10.1. The van der Waals surface area contributed by atoms with Crippen LogP contribution in [-0.2, 0) is 19.4 Å². The maximum absolute atomic E-state index is 4.56. The number of nitrogens with zero attached hydrogens (tertiary/aromatic N) is 2. The van der Waals surface area contributed by atoms with E-state index in [2.05, 4.69) is 28.2 Å². The van der Waals surface area contributed by atoms with Crippen molar-refractivity contribution in [2.24, 2.45) is 5.92 Å². The van der Waals surface area contributed by atoms with E-state index in [0.29, 0.717) is 6.04 Å². The van der Waals surface area contributed by atoms with E-state index in [0.717, 1.165) is 12.5 Å². The summed E-state index contributed by atoms with van der Waals surface area (Å²) in [6.07, 6.45) is 9.95. The average Bonchev–Trinajstić information content (AvgIpc) is 3.08. The van der Waals surface area contributed by atoms with Crippen LogP contribution in [0.5, 0.6) is 0 Å². The Bertz CT molecular complexity index is 365. The van der Waals surface area contributed by atoms with E-state index in [1.165, 1.54) is 49.9 Å². The topological polar surface area (TPSA) is 29.9 Å². The highest BCUT2D eigenvalue weighted by Gasteiger charge is 2.30. The summed E-state index contributed by atoms with van der Waals surface area (Å²) in [6, 6.07) is 0.653. The molecule has 3 heteroatoms. The SMILES string of the molecule is CNC(Cn1cnc2c1CCCC2)C1CC1. The maximum atomic E-state index is 4.56. The van der Waals surface area contributed by atoms with Crippen molar-refractivity contribution in [2.45, 2.75) is 51.1 Å². The number of aromatic nitrogens is 2. The number of aryl methyl sites for hydroxylation is 1. The molecule has 1 aromatic rings. The number of hydrogen-bond donors (Lipinski definition) is 1. The van der Waals surface area contributed by atoms with Crippen molar-refractivity contribution < 1.29 is 0 Å². The average molecular weight is 219 g/mol. The van der Waals surface area contributed by atoms with Crippen LogP contribution in [-0.4, -0.2) is 22.6 Å². The highest BCUT2D eigenvalue weighted by atomic mass is 15.1. The molecule has 1 heterocycles. The highest BCUT2D eigenvalue weighted by molar-refractivity contribution is 5.16. The van der Waals surface area contributed by atoms with Crippen molar-refractivity contribution in [1.29, 1.82) is 0 Å². The molecule has 1 N–H and O–H groups in total. The second-order valence-electron chi connectivity index (χ2n) is 5.23. The monoisotopic (exact) mass is 219 g/mol. The van der Waals surface area contributed by atoms with Gasteiger partial charge < -0.3 is 9.88 Å². The summed E-state index contributed by atoms with van der Waals surface area (Å²) in [6.45, 7) is 1.11. The van der Waals surface area contributed by atoms with Gasteiger partial charge in [-0.3, -0.25) is 0 Å². The predicted octanol–water partition coefficient (Wildman–Crippen LogP) is 1.76. The van der Waals surface area contributed by atoms with Crippen LogP contribution in [0.1, 0.15) is 37.1 Å². The lowest BCUT2D eigenvalue weighted by Gasteiger charge is -2.19. The van der Waals surface area contributed by atoms with E-state index < -0.39 is 0 Å². The lowest BCUT2D eigenvalue weighted by atomic mass is 10.0. The quantitative estimate of drug-likeness (QED) is 0.836. The van der Waals surface area contributed by atoms with E-state index in [1.54, 1.807) is 0 Å². The molecule has 1 aromatic heterocycles. The van der Waals surface area contributed by atoms with Gasteiger partial charge in [0.15, 0.2) is 0 Å². The molecule has 0 aliphatic heterocycles. The Hall–Kier alpha value is -0.830. The van der Waals surface area contributed by atoms with Gasteiger partial charge >= 0.3 is 0 Å². The zero-order valence-corrected chi connectivity index (χ0v) is 10.1. The van der Waals surface area contributed by atoms with Crippen molar-refractivity contribution in [3.8, 4) is 0 Å². The first-order chi connectivity index (χ1) is 7.88. The van der Waals surface area contributed by atoms with Gasteiger partial charge in [-0.2, -0.15) is 0 Å². The van der Waals surface area contributed by atoms with Gasteiger partial charge in [0.05, 0.1) is 12.0 Å². The molecule has 0 radical (unpaired) electrons. The molecule has 16 heavy (non-hydrogen) atoms. The molecule has 2 aliphatic rings. The van der Waals surface area contributed by atoms with Crippen LogP contribution in [0.3, 0.4) is 0 Å². The zero-order chi connectivity index (χ0) is 11.0. The Morgan fingerprint density at radius 1 is 1.44 bits per heavy atom. The molecule has 88 valence electrons. The Balaban J connectivity index is 1.75. The van der Waals surface area contributed by atoms with Crippen LogP contribution in [0.2, 0.25) is 0 Å². The smallest absolute Gasteiger partial charge is 0.0952 e. The molecule has 0 aromatic carbocycles. The van der Waals surface area contributed by atoms with Crippen molar-refractivity contribution in [3.05, 3.63) is 17.7 Å². The second kappa shape index (κ2) is 4.21. The molecular weight excluding hydrogens is 198 g/mol. The molecule has 0 bridgehead atoms. The van der Waals surface area contributed by atoms with Gasteiger partial charge in [-0.15, -0.1) is 0 Å². The number of likely N-dealkylation sites (N-methyl/N-ethyl adjacent to an activating group) is 1. The lowest BCUT2D eigenvalue weighted by Crippen LogP contribution is -2.32. The maximum Gasteiger partial charge on any atom is 0.0952 e. The Morgan fingerprint density at radius 2 is 2.25 bits per heavy atom. The minimum atomic E-state index is 0.653. The Kier molecular flexibility index (Phi) is 2.72. The molecule has 0 amide bonds. The Labute approximate surface area is 97.3 Å². The minimum Gasteiger partial charge on any atom is -0.333 e. The van der Waals surface area contributed by atoms with Crippen molar-refractivity contribution in [2.75, 3.05) is 7.05 Å². The van der Waals surface area contributed by atoms with Gasteiger partial charge in [0.25, 0.3) is 0 Å². The number of fused-ring (bicyclic) bond motifs is 1. The van der Waals surface area contributed by atoms with Crippen LogP contribution >= 0.6 is 0 Å². The highest BCUT2D eigenvalue weighted by Crippen LogP contribution is 2.33. The summed E-state index contributed by atoms with van der Waals surface area (Å²) in [7, 11) is 2.09. The van der Waals surface area contributed by atoms with Crippen LogP contribution in [0.25, 0.3) is 0 Å². The van der Waals surface area contributed by atoms with Gasteiger partial charge in [-0.1, -0.05) is 0 Å². The van der Waals surface area contributed by atoms with Crippen molar-refractivity contribution in [3.63, 3.8) is 0 Å². The van der Waals surface area contributed by atoms with Crippen molar-refractivity contribution >= 4 is 0 Å². The van der Waals surface area contributed by atoms with Gasteiger partial charge in [0.2, 0.25) is 0 Å². The van der Waals surface area contributed by atoms with Crippen LogP contribution in [0.4, 0.5) is 0 Å². The third-order valence-electron chi connectivity index (χ3n) is 4.07. The first-order valence-corrected chi connectivity index (χ1v) is 6.58. The molecular formula is C13H21N3. The molecule has 1 fully saturated rings. The van der Waals surface area contributed by atoms with Crippen LogP contribution < -0.4 is 5.32 Å². The summed E-state index contributed by atoms with van der Waals surface area (Å²) in [5, 5.41) is 3.46. The predicted molar refractivity (Wildman–Crippen MR) is 64.4 cm³/mol. The molecule has 1 saturated carbocycles. The minimum absolute atomic E-state index is 0.653. The van der Waals surface area contributed by atoms with Crippen molar-refractivity contribution in [1.82, 2.24) is 14.9 Å². The molecule has 2 aliphatic carbocycles. The Morgan fingerprint density at radius 3 is 3.00 bits per heavy atom. The first-order valence-electron chi connectivity index (χ1n) is 6.58. The largest absolute Gasteiger partial charge is 0.333 e. The normalized spacial score (nSPS) is 21.8. The first kappa shape index (κ1) is 10.3. The second-order valence-corrected chi connectivity index (χ2v) is 5.23. The third kappa shape index (κ3) is 1.88.